The zero-order chi connectivity index (χ0) is 17.8. The minimum absolute atomic E-state index is 0.694. The first-order valence-electron chi connectivity index (χ1n) is 8.56. The number of nitrogens with zero attached hydrogens (tertiary/aromatic N) is 1. The number of alkyl halides is 1. The fraction of sp³-hybridized carbons (Fsp3) is 0.333. The molecule has 0 bridgehead atoms. The van der Waals surface area contributed by atoms with Crippen LogP contribution in [0.15, 0.2) is 42.5 Å². The van der Waals surface area contributed by atoms with E-state index in [1.54, 1.807) is 14.2 Å². The van der Waals surface area contributed by atoms with Crippen LogP contribution in [0, 0.1) is 6.92 Å². The van der Waals surface area contributed by atoms with Gasteiger partial charge in [-0.2, -0.15) is 0 Å². The van der Waals surface area contributed by atoms with Gasteiger partial charge in [0, 0.05) is 23.9 Å². The minimum Gasteiger partial charge on any atom is -0.497 e. The summed E-state index contributed by atoms with van der Waals surface area (Å²) in [5.74, 6) is 2.44. The van der Waals surface area contributed by atoms with Crippen molar-refractivity contribution in [3.05, 3.63) is 48.0 Å². The van der Waals surface area contributed by atoms with E-state index in [0.717, 1.165) is 30.9 Å². The second-order valence-corrected chi connectivity index (χ2v) is 6.51. The van der Waals surface area contributed by atoms with E-state index in [1.165, 1.54) is 27.7 Å². The standard InChI is InChI=1S/C21H24ClNO2/c1-15-19-11-10-18(25-3)14-20(19)23(13-5-4-12-22)21(15)16-6-8-17(24-2)9-7-16/h6-11,14H,4-5,12-13H2,1-3H3. The molecule has 2 aromatic carbocycles. The van der Waals surface area contributed by atoms with Gasteiger partial charge < -0.3 is 14.0 Å². The first-order valence-corrected chi connectivity index (χ1v) is 9.10. The molecule has 0 fully saturated rings. The lowest BCUT2D eigenvalue weighted by atomic mass is 10.1. The van der Waals surface area contributed by atoms with Crippen molar-refractivity contribution in [2.24, 2.45) is 0 Å². The van der Waals surface area contributed by atoms with Gasteiger partial charge in [-0.05, 0) is 67.3 Å². The highest BCUT2D eigenvalue weighted by Crippen LogP contribution is 2.36. The number of fused-ring (bicyclic) bond motifs is 1. The first kappa shape index (κ1) is 17.7. The molecule has 1 aromatic heterocycles. The maximum atomic E-state index is 5.89. The molecule has 0 N–H and O–H groups in total. The second kappa shape index (κ2) is 7.83. The van der Waals surface area contributed by atoms with Crippen LogP contribution in [0.1, 0.15) is 18.4 Å². The summed E-state index contributed by atoms with van der Waals surface area (Å²) >= 11 is 5.89. The molecule has 0 radical (unpaired) electrons. The fourth-order valence-electron chi connectivity index (χ4n) is 3.35. The monoisotopic (exact) mass is 357 g/mol. The maximum Gasteiger partial charge on any atom is 0.120 e. The number of aryl methyl sites for hydroxylation is 2. The van der Waals surface area contributed by atoms with E-state index in [9.17, 15) is 0 Å². The summed E-state index contributed by atoms with van der Waals surface area (Å²) in [4.78, 5) is 0. The molecule has 0 aliphatic carbocycles. The Morgan fingerprint density at radius 3 is 2.24 bits per heavy atom. The molecular weight excluding hydrogens is 334 g/mol. The molecule has 0 aliphatic rings. The van der Waals surface area contributed by atoms with Crippen LogP contribution in [0.25, 0.3) is 22.2 Å². The van der Waals surface area contributed by atoms with Crippen LogP contribution in [0.5, 0.6) is 11.5 Å². The van der Waals surface area contributed by atoms with E-state index < -0.39 is 0 Å². The van der Waals surface area contributed by atoms with Gasteiger partial charge >= 0.3 is 0 Å². The quantitative estimate of drug-likeness (QED) is 0.402. The van der Waals surface area contributed by atoms with Gasteiger partial charge in [-0.25, -0.2) is 0 Å². The van der Waals surface area contributed by atoms with E-state index in [4.69, 9.17) is 21.1 Å². The number of hydrogen-bond donors (Lipinski definition) is 0. The molecule has 25 heavy (non-hydrogen) atoms. The summed E-state index contributed by atoms with van der Waals surface area (Å²) in [6.07, 6.45) is 2.05. The van der Waals surface area contributed by atoms with Crippen molar-refractivity contribution in [2.45, 2.75) is 26.3 Å². The van der Waals surface area contributed by atoms with E-state index in [-0.39, 0.29) is 0 Å². The van der Waals surface area contributed by atoms with Crippen LogP contribution in [0.2, 0.25) is 0 Å². The van der Waals surface area contributed by atoms with Gasteiger partial charge in [0.25, 0.3) is 0 Å². The number of methoxy groups -OCH3 is 2. The van der Waals surface area contributed by atoms with Crippen molar-refractivity contribution < 1.29 is 9.47 Å². The smallest absolute Gasteiger partial charge is 0.120 e. The summed E-state index contributed by atoms with van der Waals surface area (Å²) in [6, 6.07) is 14.6. The summed E-state index contributed by atoms with van der Waals surface area (Å²) < 4.78 is 13.1. The lowest BCUT2D eigenvalue weighted by Gasteiger charge is -2.12. The summed E-state index contributed by atoms with van der Waals surface area (Å²) in [7, 11) is 3.40. The fourth-order valence-corrected chi connectivity index (χ4v) is 3.54. The molecule has 0 amide bonds. The molecular formula is C21H24ClNO2. The van der Waals surface area contributed by atoms with E-state index in [0.29, 0.717) is 5.88 Å². The number of rotatable bonds is 7. The van der Waals surface area contributed by atoms with Crippen molar-refractivity contribution in [3.63, 3.8) is 0 Å². The minimum atomic E-state index is 0.694. The van der Waals surface area contributed by atoms with Crippen LogP contribution in [0.3, 0.4) is 0 Å². The molecule has 3 aromatic rings. The summed E-state index contributed by atoms with van der Waals surface area (Å²) in [6.45, 7) is 3.12. The van der Waals surface area contributed by atoms with Crippen molar-refractivity contribution in [3.8, 4) is 22.8 Å². The molecule has 3 nitrogen and oxygen atoms in total. The second-order valence-electron chi connectivity index (χ2n) is 6.13. The Bertz CT molecular complexity index is 852. The first-order chi connectivity index (χ1) is 12.2. The van der Waals surface area contributed by atoms with Gasteiger partial charge in [-0.15, -0.1) is 11.6 Å². The zero-order valence-corrected chi connectivity index (χ0v) is 15.8. The van der Waals surface area contributed by atoms with E-state index >= 15 is 0 Å². The van der Waals surface area contributed by atoms with Crippen molar-refractivity contribution in [1.29, 1.82) is 0 Å². The maximum absolute atomic E-state index is 5.89. The van der Waals surface area contributed by atoms with Crippen molar-refractivity contribution >= 4 is 22.5 Å². The van der Waals surface area contributed by atoms with E-state index in [2.05, 4.69) is 35.8 Å². The molecule has 0 unspecified atom stereocenters. The summed E-state index contributed by atoms with van der Waals surface area (Å²) in [5, 5.41) is 1.26. The van der Waals surface area contributed by atoms with Gasteiger partial charge in [0.05, 0.1) is 25.4 Å². The molecule has 0 saturated heterocycles. The van der Waals surface area contributed by atoms with Gasteiger partial charge in [-0.3, -0.25) is 0 Å². The third kappa shape index (κ3) is 3.47. The number of halogens is 1. The SMILES string of the molecule is COc1ccc(-c2c(C)c3ccc(OC)cc3n2CCCCCl)cc1. The third-order valence-corrected chi connectivity index (χ3v) is 4.92. The van der Waals surface area contributed by atoms with Gasteiger partial charge in [0.1, 0.15) is 11.5 Å². The van der Waals surface area contributed by atoms with Crippen LogP contribution in [-0.2, 0) is 6.54 Å². The topological polar surface area (TPSA) is 23.4 Å². The Labute approximate surface area is 154 Å². The average molecular weight is 358 g/mol. The largest absolute Gasteiger partial charge is 0.497 e. The number of aromatic nitrogens is 1. The van der Waals surface area contributed by atoms with Crippen LogP contribution >= 0.6 is 11.6 Å². The van der Waals surface area contributed by atoms with Crippen LogP contribution < -0.4 is 9.47 Å². The van der Waals surface area contributed by atoms with Crippen molar-refractivity contribution in [2.75, 3.05) is 20.1 Å². The van der Waals surface area contributed by atoms with E-state index in [1.807, 2.05) is 18.2 Å². The van der Waals surface area contributed by atoms with Gasteiger partial charge in [-0.1, -0.05) is 0 Å². The van der Waals surface area contributed by atoms with Crippen LogP contribution in [0.4, 0.5) is 0 Å². The molecule has 0 atom stereocenters. The predicted molar refractivity (Wildman–Crippen MR) is 105 cm³/mol. The summed E-state index contributed by atoms with van der Waals surface area (Å²) in [5.41, 5.74) is 4.94. The highest BCUT2D eigenvalue weighted by molar-refractivity contribution is 6.17. The van der Waals surface area contributed by atoms with Gasteiger partial charge in [0.2, 0.25) is 0 Å². The average Bonchev–Trinajstić information content (AvgIpc) is 2.93. The highest BCUT2D eigenvalue weighted by atomic mass is 35.5. The predicted octanol–water partition coefficient (Wildman–Crippen LogP) is 5.65. The Morgan fingerprint density at radius 2 is 1.60 bits per heavy atom. The lowest BCUT2D eigenvalue weighted by molar-refractivity contribution is 0.415. The zero-order valence-electron chi connectivity index (χ0n) is 15.0. The van der Waals surface area contributed by atoms with Gasteiger partial charge in [0.15, 0.2) is 0 Å². The number of ether oxygens (including phenoxy) is 2. The molecule has 0 aliphatic heterocycles. The third-order valence-electron chi connectivity index (χ3n) is 4.65. The molecule has 4 heteroatoms. The lowest BCUT2D eigenvalue weighted by Crippen LogP contribution is -2.01. The number of unbranched alkanes of at least 4 members (excludes halogenated alkanes) is 1. The molecule has 0 spiro atoms. The molecule has 132 valence electrons. The number of hydrogen-bond acceptors (Lipinski definition) is 2. The Hall–Kier alpha value is -2.13. The Balaban J connectivity index is 2.16. The molecule has 0 saturated carbocycles. The van der Waals surface area contributed by atoms with Crippen molar-refractivity contribution in [1.82, 2.24) is 4.57 Å². The number of benzene rings is 2. The Morgan fingerprint density at radius 1 is 0.920 bits per heavy atom. The molecule has 1 heterocycles. The molecule has 3 rings (SSSR count). The van der Waals surface area contributed by atoms with Crippen LogP contribution in [-0.4, -0.2) is 24.7 Å². The highest BCUT2D eigenvalue weighted by Gasteiger charge is 2.16. The normalized spacial score (nSPS) is 11.0. The Kier molecular flexibility index (Phi) is 5.54.